The van der Waals surface area contributed by atoms with Crippen molar-refractivity contribution in [1.29, 1.82) is 0 Å². The molecular weight excluding hydrogens is 178 g/mol. The number of ether oxygens (including phenoxy) is 1. The molecule has 0 aromatic carbocycles. The first kappa shape index (κ1) is 10.9. The molecule has 1 amide bonds. The number of carbonyl (C=O) groups excluding carboxylic acids is 1. The molecule has 0 aliphatic heterocycles. The maximum absolute atomic E-state index is 11.6. The van der Waals surface area contributed by atoms with Gasteiger partial charge in [-0.25, -0.2) is 4.79 Å². The van der Waals surface area contributed by atoms with E-state index in [1.807, 2.05) is 20.8 Å². The predicted molar refractivity (Wildman–Crippen MR) is 54.8 cm³/mol. The molecule has 0 bridgehead atoms. The normalized spacial score (nSPS) is 18.2. The van der Waals surface area contributed by atoms with Crippen molar-refractivity contribution in [3.8, 4) is 12.3 Å². The van der Waals surface area contributed by atoms with Gasteiger partial charge in [-0.3, -0.25) is 4.90 Å². The Kier molecular flexibility index (Phi) is 2.49. The number of hydrogen-bond acceptors (Lipinski definition) is 2. The fraction of sp³-hybridized carbons (Fsp3) is 0.727. The standard InChI is InChI=1S/C11H17NO2/c1-6-11(7-8-11)12(5)9(13)14-10(2,3)4/h1H,7-8H2,2-5H3. The summed E-state index contributed by atoms with van der Waals surface area (Å²) in [5.41, 5.74) is -0.835. The molecule has 1 rings (SSSR count). The summed E-state index contributed by atoms with van der Waals surface area (Å²) in [6.45, 7) is 5.52. The highest BCUT2D eigenvalue weighted by molar-refractivity contribution is 5.70. The van der Waals surface area contributed by atoms with Gasteiger partial charge in [-0.2, -0.15) is 0 Å². The van der Waals surface area contributed by atoms with Gasteiger partial charge in [0.2, 0.25) is 0 Å². The minimum atomic E-state index is -0.462. The second-order valence-electron chi connectivity index (χ2n) is 4.72. The quantitative estimate of drug-likeness (QED) is 0.599. The first-order chi connectivity index (χ1) is 6.31. The molecule has 0 spiro atoms. The van der Waals surface area contributed by atoms with E-state index in [-0.39, 0.29) is 11.6 Å². The Hall–Kier alpha value is -1.17. The summed E-state index contributed by atoms with van der Waals surface area (Å²) < 4.78 is 5.22. The fourth-order valence-corrected chi connectivity index (χ4v) is 1.20. The average Bonchev–Trinajstić information content (AvgIpc) is 2.80. The monoisotopic (exact) mass is 195 g/mol. The highest BCUT2D eigenvalue weighted by atomic mass is 16.6. The molecule has 1 saturated carbocycles. The third-order valence-electron chi connectivity index (χ3n) is 2.30. The summed E-state index contributed by atoms with van der Waals surface area (Å²) in [7, 11) is 1.70. The third kappa shape index (κ3) is 2.20. The summed E-state index contributed by atoms with van der Waals surface area (Å²) in [5, 5.41) is 0. The molecule has 0 N–H and O–H groups in total. The number of carbonyl (C=O) groups is 1. The Morgan fingerprint density at radius 3 is 2.29 bits per heavy atom. The van der Waals surface area contributed by atoms with Crippen LogP contribution in [0.3, 0.4) is 0 Å². The van der Waals surface area contributed by atoms with Gasteiger partial charge in [0, 0.05) is 7.05 Å². The van der Waals surface area contributed by atoms with Crippen LogP contribution in [0, 0.1) is 12.3 Å². The van der Waals surface area contributed by atoms with E-state index in [4.69, 9.17) is 11.2 Å². The van der Waals surface area contributed by atoms with Crippen molar-refractivity contribution in [1.82, 2.24) is 4.90 Å². The van der Waals surface area contributed by atoms with Gasteiger partial charge in [-0.15, -0.1) is 6.42 Å². The molecule has 14 heavy (non-hydrogen) atoms. The summed E-state index contributed by atoms with van der Waals surface area (Å²) >= 11 is 0. The molecule has 0 radical (unpaired) electrons. The van der Waals surface area contributed by atoms with Crippen LogP contribution < -0.4 is 0 Å². The van der Waals surface area contributed by atoms with Gasteiger partial charge in [0.15, 0.2) is 0 Å². The van der Waals surface area contributed by atoms with E-state index < -0.39 is 5.60 Å². The van der Waals surface area contributed by atoms with Gasteiger partial charge in [0.25, 0.3) is 0 Å². The SMILES string of the molecule is C#CC1(N(C)C(=O)OC(C)(C)C)CC1. The van der Waals surface area contributed by atoms with E-state index in [1.54, 1.807) is 7.05 Å². The lowest BCUT2D eigenvalue weighted by atomic mass is 10.2. The molecule has 1 aliphatic rings. The molecule has 1 aliphatic carbocycles. The smallest absolute Gasteiger partial charge is 0.411 e. The largest absolute Gasteiger partial charge is 0.444 e. The van der Waals surface area contributed by atoms with Gasteiger partial charge in [-0.1, -0.05) is 5.92 Å². The van der Waals surface area contributed by atoms with Crippen molar-refractivity contribution in [2.24, 2.45) is 0 Å². The predicted octanol–water partition coefficient (Wildman–Crippen LogP) is 2.02. The minimum Gasteiger partial charge on any atom is -0.444 e. The number of rotatable bonds is 1. The Morgan fingerprint density at radius 1 is 1.50 bits per heavy atom. The lowest BCUT2D eigenvalue weighted by Gasteiger charge is -2.28. The summed E-state index contributed by atoms with van der Waals surface area (Å²) in [4.78, 5) is 13.1. The first-order valence-corrected chi connectivity index (χ1v) is 4.75. The number of terminal acetylenes is 1. The molecule has 78 valence electrons. The first-order valence-electron chi connectivity index (χ1n) is 4.75. The molecule has 0 aromatic heterocycles. The molecular formula is C11H17NO2. The van der Waals surface area contributed by atoms with Crippen LogP contribution in [0.4, 0.5) is 4.79 Å². The van der Waals surface area contributed by atoms with Crippen LogP contribution in [0.15, 0.2) is 0 Å². The summed E-state index contributed by atoms with van der Waals surface area (Å²) in [5.74, 6) is 2.64. The Balaban J connectivity index is 2.59. The Labute approximate surface area is 85.4 Å². The van der Waals surface area contributed by atoms with E-state index in [1.165, 1.54) is 4.90 Å². The zero-order valence-corrected chi connectivity index (χ0v) is 9.26. The van der Waals surface area contributed by atoms with Crippen molar-refractivity contribution >= 4 is 6.09 Å². The number of nitrogens with zero attached hydrogens (tertiary/aromatic N) is 1. The van der Waals surface area contributed by atoms with Crippen LogP contribution in [0.2, 0.25) is 0 Å². The molecule has 0 unspecified atom stereocenters. The summed E-state index contributed by atoms with van der Waals surface area (Å²) in [6.07, 6.45) is 6.78. The van der Waals surface area contributed by atoms with E-state index >= 15 is 0 Å². The third-order valence-corrected chi connectivity index (χ3v) is 2.30. The van der Waals surface area contributed by atoms with Crippen molar-refractivity contribution in [3.63, 3.8) is 0 Å². The van der Waals surface area contributed by atoms with Crippen molar-refractivity contribution < 1.29 is 9.53 Å². The minimum absolute atomic E-state index is 0.340. The maximum atomic E-state index is 11.6. The van der Waals surface area contributed by atoms with Crippen molar-refractivity contribution in [2.75, 3.05) is 7.05 Å². The van der Waals surface area contributed by atoms with Crippen LogP contribution in [0.25, 0.3) is 0 Å². The molecule has 1 fully saturated rings. The molecule has 3 nitrogen and oxygen atoms in total. The lowest BCUT2D eigenvalue weighted by Crippen LogP contribution is -2.41. The van der Waals surface area contributed by atoms with Gasteiger partial charge < -0.3 is 4.74 Å². The fourth-order valence-electron chi connectivity index (χ4n) is 1.20. The highest BCUT2D eigenvalue weighted by Gasteiger charge is 2.48. The molecule has 3 heteroatoms. The van der Waals surface area contributed by atoms with Crippen molar-refractivity contribution in [2.45, 2.75) is 44.8 Å². The molecule has 0 heterocycles. The van der Waals surface area contributed by atoms with Crippen molar-refractivity contribution in [3.05, 3.63) is 0 Å². The summed E-state index contributed by atoms with van der Waals surface area (Å²) in [6, 6.07) is 0. The molecule has 0 atom stereocenters. The van der Waals surface area contributed by atoms with Crippen LogP contribution in [0.1, 0.15) is 33.6 Å². The van der Waals surface area contributed by atoms with Crippen LogP contribution in [-0.4, -0.2) is 29.2 Å². The van der Waals surface area contributed by atoms with Gasteiger partial charge >= 0.3 is 6.09 Å². The number of hydrogen-bond donors (Lipinski definition) is 0. The second kappa shape index (κ2) is 3.20. The van der Waals surface area contributed by atoms with Crippen LogP contribution in [0.5, 0.6) is 0 Å². The Morgan fingerprint density at radius 2 is 2.00 bits per heavy atom. The number of amides is 1. The van der Waals surface area contributed by atoms with Gasteiger partial charge in [0.1, 0.15) is 11.1 Å². The molecule has 0 saturated heterocycles. The zero-order valence-electron chi connectivity index (χ0n) is 9.26. The molecule has 0 aromatic rings. The van der Waals surface area contributed by atoms with E-state index in [2.05, 4.69) is 5.92 Å². The Bertz CT molecular complexity index is 279. The van der Waals surface area contributed by atoms with Crippen LogP contribution >= 0.6 is 0 Å². The van der Waals surface area contributed by atoms with E-state index in [0.717, 1.165) is 12.8 Å². The lowest BCUT2D eigenvalue weighted by molar-refractivity contribution is 0.0243. The zero-order chi connectivity index (χ0) is 11.0. The average molecular weight is 195 g/mol. The van der Waals surface area contributed by atoms with Crippen LogP contribution in [-0.2, 0) is 4.74 Å². The topological polar surface area (TPSA) is 29.5 Å². The maximum Gasteiger partial charge on any atom is 0.411 e. The van der Waals surface area contributed by atoms with Gasteiger partial charge in [0.05, 0.1) is 0 Å². The van der Waals surface area contributed by atoms with E-state index in [0.29, 0.717) is 0 Å². The highest BCUT2D eigenvalue weighted by Crippen LogP contribution is 2.40. The second-order valence-corrected chi connectivity index (χ2v) is 4.72. The van der Waals surface area contributed by atoms with E-state index in [9.17, 15) is 4.79 Å². The van der Waals surface area contributed by atoms with Gasteiger partial charge in [-0.05, 0) is 33.6 Å².